The number of nitrogens with zero attached hydrogens (tertiary/aromatic N) is 4. The molecule has 5 rings (SSSR count). The number of phenolic OH excluding ortho intramolecular Hbond substituents is 1. The second-order valence-electron chi connectivity index (χ2n) is 9.67. The van der Waals surface area contributed by atoms with E-state index in [9.17, 15) is 18.7 Å². The molecule has 2 aromatic rings. The Kier molecular flexibility index (Phi) is 6.06. The molecule has 1 aromatic heterocycles. The second-order valence-corrected chi connectivity index (χ2v) is 9.67. The van der Waals surface area contributed by atoms with Crippen LogP contribution in [-0.4, -0.2) is 77.9 Å². The van der Waals surface area contributed by atoms with Crippen LogP contribution in [0.3, 0.4) is 0 Å². The Balaban J connectivity index is 1.22. The van der Waals surface area contributed by atoms with Gasteiger partial charge in [0.2, 0.25) is 0 Å². The molecule has 3 fully saturated rings. The van der Waals surface area contributed by atoms with Crippen molar-refractivity contribution in [3.8, 4) is 16.9 Å². The van der Waals surface area contributed by atoms with E-state index in [1.807, 2.05) is 6.92 Å². The van der Waals surface area contributed by atoms with E-state index in [1.54, 1.807) is 4.90 Å². The zero-order chi connectivity index (χ0) is 23.9. The SMILES string of the molecule is CCOC(=O)N1CC2(CC[C@@H](N3CCN(c4ncc(F)cc4-c4ccc(F)c(O)c4)CC3)C2)C1. The lowest BCUT2D eigenvalue weighted by molar-refractivity contribution is -0.00294. The summed E-state index contributed by atoms with van der Waals surface area (Å²) in [5.41, 5.74) is 1.29. The molecule has 0 bridgehead atoms. The predicted octanol–water partition coefficient (Wildman–Crippen LogP) is 3.87. The van der Waals surface area contributed by atoms with Crippen molar-refractivity contribution in [2.24, 2.45) is 5.41 Å². The fourth-order valence-corrected chi connectivity index (χ4v) is 5.76. The average Bonchev–Trinajstić information content (AvgIpc) is 3.26. The van der Waals surface area contributed by atoms with Crippen molar-refractivity contribution in [3.63, 3.8) is 0 Å². The molecule has 182 valence electrons. The maximum atomic E-state index is 14.0. The third kappa shape index (κ3) is 4.29. The van der Waals surface area contributed by atoms with Crippen molar-refractivity contribution in [2.45, 2.75) is 32.2 Å². The first-order valence-electron chi connectivity index (χ1n) is 11.9. The van der Waals surface area contributed by atoms with Crippen LogP contribution in [0.5, 0.6) is 5.75 Å². The van der Waals surface area contributed by atoms with Crippen molar-refractivity contribution in [1.29, 1.82) is 0 Å². The van der Waals surface area contributed by atoms with Crippen molar-refractivity contribution in [1.82, 2.24) is 14.8 Å². The third-order valence-corrected chi connectivity index (χ3v) is 7.48. The van der Waals surface area contributed by atoms with Crippen LogP contribution in [0, 0.1) is 17.0 Å². The summed E-state index contributed by atoms with van der Waals surface area (Å²) in [6, 6.07) is 5.90. The topological polar surface area (TPSA) is 69.1 Å². The molecule has 2 saturated heterocycles. The number of pyridine rings is 1. The summed E-state index contributed by atoms with van der Waals surface area (Å²) < 4.78 is 32.7. The van der Waals surface area contributed by atoms with Crippen LogP contribution < -0.4 is 4.90 Å². The summed E-state index contributed by atoms with van der Waals surface area (Å²) >= 11 is 0. The number of carbonyl (C=O) groups is 1. The molecule has 0 unspecified atom stereocenters. The van der Waals surface area contributed by atoms with E-state index < -0.39 is 17.4 Å². The van der Waals surface area contributed by atoms with Gasteiger partial charge in [0, 0.05) is 56.3 Å². The zero-order valence-electron chi connectivity index (χ0n) is 19.3. The smallest absolute Gasteiger partial charge is 0.409 e. The number of rotatable bonds is 4. The number of hydrogen-bond donors (Lipinski definition) is 1. The van der Waals surface area contributed by atoms with E-state index in [0.29, 0.717) is 29.6 Å². The minimum atomic E-state index is -0.713. The highest BCUT2D eigenvalue weighted by Gasteiger charge is 2.51. The number of aromatic nitrogens is 1. The molecule has 1 N–H and O–H groups in total. The molecular formula is C25H30F2N4O3. The molecule has 1 atom stereocenters. The Morgan fingerprint density at radius 1 is 1.21 bits per heavy atom. The van der Waals surface area contributed by atoms with Crippen LogP contribution in [0.1, 0.15) is 26.2 Å². The monoisotopic (exact) mass is 472 g/mol. The van der Waals surface area contributed by atoms with Gasteiger partial charge >= 0.3 is 6.09 Å². The van der Waals surface area contributed by atoms with Gasteiger partial charge in [-0.1, -0.05) is 6.07 Å². The number of halogens is 2. The standard InChI is InChI=1S/C25H30F2N4O3/c1-2-34-24(33)31-15-25(16-31)6-5-19(13-25)29-7-9-30(10-8-29)23-20(12-18(26)14-28-23)17-3-4-21(27)22(32)11-17/h3-4,11-12,14,19,32H,2,5-10,13,15-16H2,1H3/t19-/m1/s1. The molecule has 2 aliphatic heterocycles. The first-order chi connectivity index (χ1) is 16.4. The van der Waals surface area contributed by atoms with E-state index in [1.165, 1.54) is 30.5 Å². The van der Waals surface area contributed by atoms with Crippen LogP contribution in [0.15, 0.2) is 30.5 Å². The molecule has 34 heavy (non-hydrogen) atoms. The van der Waals surface area contributed by atoms with Crippen molar-refractivity contribution >= 4 is 11.9 Å². The number of likely N-dealkylation sites (tertiary alicyclic amines) is 1. The van der Waals surface area contributed by atoms with Crippen molar-refractivity contribution in [3.05, 3.63) is 42.1 Å². The number of carbonyl (C=O) groups excluding carboxylic acids is 1. The van der Waals surface area contributed by atoms with Crippen molar-refractivity contribution < 1.29 is 23.4 Å². The number of amides is 1. The number of piperazine rings is 1. The number of ether oxygens (including phenoxy) is 1. The number of hydrogen-bond acceptors (Lipinski definition) is 6. The lowest BCUT2D eigenvalue weighted by Crippen LogP contribution is -2.58. The molecule has 7 nitrogen and oxygen atoms in total. The summed E-state index contributed by atoms with van der Waals surface area (Å²) in [5, 5.41) is 9.79. The van der Waals surface area contributed by atoms with Gasteiger partial charge in [0.15, 0.2) is 11.6 Å². The Labute approximate surface area is 197 Å². The quantitative estimate of drug-likeness (QED) is 0.729. The van der Waals surface area contributed by atoms with Crippen LogP contribution in [-0.2, 0) is 4.74 Å². The summed E-state index contributed by atoms with van der Waals surface area (Å²) in [5.74, 6) is -1.02. The lowest BCUT2D eigenvalue weighted by atomic mass is 9.78. The fraction of sp³-hybridized carbons (Fsp3) is 0.520. The third-order valence-electron chi connectivity index (χ3n) is 7.48. The molecule has 1 spiro atoms. The van der Waals surface area contributed by atoms with E-state index in [-0.39, 0.29) is 11.5 Å². The lowest BCUT2D eigenvalue weighted by Gasteiger charge is -2.48. The summed E-state index contributed by atoms with van der Waals surface area (Å²) in [6.45, 7) is 7.04. The minimum Gasteiger partial charge on any atom is -0.505 e. The van der Waals surface area contributed by atoms with E-state index >= 15 is 0 Å². The molecule has 1 amide bonds. The summed E-state index contributed by atoms with van der Waals surface area (Å²) in [7, 11) is 0. The number of phenols is 1. The Morgan fingerprint density at radius 3 is 2.68 bits per heavy atom. The van der Waals surface area contributed by atoms with Gasteiger partial charge in [0.1, 0.15) is 11.6 Å². The highest BCUT2D eigenvalue weighted by Crippen LogP contribution is 2.47. The van der Waals surface area contributed by atoms with Crippen LogP contribution in [0.25, 0.3) is 11.1 Å². The van der Waals surface area contributed by atoms with Gasteiger partial charge in [-0.25, -0.2) is 18.6 Å². The highest BCUT2D eigenvalue weighted by molar-refractivity contribution is 5.77. The highest BCUT2D eigenvalue weighted by atomic mass is 19.1. The largest absolute Gasteiger partial charge is 0.505 e. The van der Waals surface area contributed by atoms with Gasteiger partial charge < -0.3 is 19.6 Å². The molecule has 9 heteroatoms. The summed E-state index contributed by atoms with van der Waals surface area (Å²) in [4.78, 5) is 22.7. The van der Waals surface area contributed by atoms with E-state index in [4.69, 9.17) is 4.74 Å². The predicted molar refractivity (Wildman–Crippen MR) is 124 cm³/mol. The normalized spacial score (nSPS) is 22.1. The summed E-state index contributed by atoms with van der Waals surface area (Å²) in [6.07, 6.45) is 4.35. The van der Waals surface area contributed by atoms with Gasteiger partial charge in [0.25, 0.3) is 0 Å². The molecule has 3 aliphatic rings. The molecule has 3 heterocycles. The molecular weight excluding hydrogens is 442 g/mol. The first kappa shape index (κ1) is 22.8. The fourth-order valence-electron chi connectivity index (χ4n) is 5.76. The van der Waals surface area contributed by atoms with Gasteiger partial charge in [-0.3, -0.25) is 4.90 Å². The number of benzene rings is 1. The maximum absolute atomic E-state index is 14.0. The van der Waals surface area contributed by atoms with Crippen LogP contribution in [0.4, 0.5) is 19.4 Å². The zero-order valence-corrected chi connectivity index (χ0v) is 19.3. The molecule has 1 saturated carbocycles. The number of anilines is 1. The maximum Gasteiger partial charge on any atom is 0.409 e. The van der Waals surface area contributed by atoms with Gasteiger partial charge in [0.05, 0.1) is 12.8 Å². The Hall–Kier alpha value is -2.94. The minimum absolute atomic E-state index is 0.206. The van der Waals surface area contributed by atoms with Gasteiger partial charge in [-0.15, -0.1) is 0 Å². The molecule has 0 radical (unpaired) electrons. The van der Waals surface area contributed by atoms with Crippen LogP contribution >= 0.6 is 0 Å². The van der Waals surface area contributed by atoms with E-state index in [2.05, 4.69) is 14.8 Å². The molecule has 1 aromatic carbocycles. The molecule has 1 aliphatic carbocycles. The van der Waals surface area contributed by atoms with Crippen LogP contribution in [0.2, 0.25) is 0 Å². The van der Waals surface area contributed by atoms with E-state index in [0.717, 1.165) is 58.5 Å². The Bertz CT molecular complexity index is 1070. The van der Waals surface area contributed by atoms with Gasteiger partial charge in [-0.05, 0) is 49.9 Å². The van der Waals surface area contributed by atoms with Gasteiger partial charge in [-0.2, -0.15) is 0 Å². The second kappa shape index (κ2) is 9.02. The number of aromatic hydroxyl groups is 1. The average molecular weight is 473 g/mol. The first-order valence-corrected chi connectivity index (χ1v) is 11.9. The van der Waals surface area contributed by atoms with Crippen molar-refractivity contribution in [2.75, 3.05) is 50.8 Å². The Morgan fingerprint density at radius 2 is 1.97 bits per heavy atom.